The van der Waals surface area contributed by atoms with Crippen molar-refractivity contribution in [3.8, 4) is 11.3 Å². The zero-order valence-corrected chi connectivity index (χ0v) is 17.0. The van der Waals surface area contributed by atoms with Crippen molar-refractivity contribution in [2.75, 3.05) is 29.9 Å². The Bertz CT molecular complexity index is 1060. The molecule has 1 aliphatic carbocycles. The van der Waals surface area contributed by atoms with Crippen LogP contribution in [-0.4, -0.2) is 49.0 Å². The molecule has 150 valence electrons. The number of amides is 1. The minimum absolute atomic E-state index is 0.0702. The fraction of sp³-hybridized carbons (Fsp3) is 0.364. The molecule has 0 bridgehead atoms. The van der Waals surface area contributed by atoms with Crippen molar-refractivity contribution in [3.63, 3.8) is 0 Å². The molecule has 0 unspecified atom stereocenters. The van der Waals surface area contributed by atoms with E-state index in [9.17, 15) is 9.00 Å². The van der Waals surface area contributed by atoms with Gasteiger partial charge in [0.15, 0.2) is 5.82 Å². The Morgan fingerprint density at radius 1 is 1.10 bits per heavy atom. The number of hydrogen-bond donors (Lipinski definition) is 1. The van der Waals surface area contributed by atoms with Crippen LogP contribution in [0.5, 0.6) is 0 Å². The molecule has 3 aromatic rings. The smallest absolute Gasteiger partial charge is 0.228 e. The quantitative estimate of drug-likeness (QED) is 0.705. The van der Waals surface area contributed by atoms with Crippen LogP contribution in [0.4, 0.5) is 5.82 Å². The Labute approximate surface area is 172 Å². The molecule has 0 atom stereocenters. The molecule has 1 aliphatic heterocycles. The number of carbonyl (C=O) groups is 1. The van der Waals surface area contributed by atoms with Gasteiger partial charge in [-0.2, -0.15) is 0 Å². The lowest BCUT2D eigenvalue weighted by Gasteiger charge is -2.26. The first-order valence-corrected chi connectivity index (χ1v) is 11.6. The van der Waals surface area contributed by atoms with Crippen LogP contribution < -0.4 is 5.32 Å². The Hall–Kier alpha value is -2.51. The van der Waals surface area contributed by atoms with Gasteiger partial charge in [-0.25, -0.2) is 4.98 Å². The van der Waals surface area contributed by atoms with Crippen molar-refractivity contribution in [3.05, 3.63) is 54.2 Å². The second-order valence-electron chi connectivity index (χ2n) is 7.85. The monoisotopic (exact) mass is 408 g/mol. The van der Waals surface area contributed by atoms with E-state index in [-0.39, 0.29) is 11.8 Å². The number of nitrogens with one attached hydrogen (secondary N) is 1. The number of aromatic nitrogens is 2. The Kier molecular flexibility index (Phi) is 4.93. The predicted molar refractivity (Wildman–Crippen MR) is 115 cm³/mol. The van der Waals surface area contributed by atoms with Crippen LogP contribution in [0.3, 0.4) is 0 Å². The summed E-state index contributed by atoms with van der Waals surface area (Å²) in [5, 5.41) is 2.93. The number of rotatable bonds is 5. The minimum atomic E-state index is -0.639. The molecule has 3 heterocycles. The van der Waals surface area contributed by atoms with E-state index in [2.05, 4.69) is 45.5 Å². The third-order valence-corrected chi connectivity index (χ3v) is 6.89. The highest BCUT2D eigenvalue weighted by Crippen LogP contribution is 2.30. The summed E-state index contributed by atoms with van der Waals surface area (Å²) < 4.78 is 13.5. The van der Waals surface area contributed by atoms with Gasteiger partial charge in [0.05, 0.1) is 11.9 Å². The highest BCUT2D eigenvalue weighted by atomic mass is 32.2. The van der Waals surface area contributed by atoms with Gasteiger partial charge in [0, 0.05) is 47.9 Å². The van der Waals surface area contributed by atoms with Crippen LogP contribution in [0.1, 0.15) is 18.4 Å². The third-order valence-electron chi connectivity index (χ3n) is 5.62. The zero-order valence-electron chi connectivity index (χ0n) is 16.2. The molecule has 6 nitrogen and oxygen atoms in total. The summed E-state index contributed by atoms with van der Waals surface area (Å²) >= 11 is 0. The summed E-state index contributed by atoms with van der Waals surface area (Å²) in [6.45, 7) is 2.69. The third kappa shape index (κ3) is 4.11. The molecule has 5 rings (SSSR count). The Morgan fingerprint density at radius 2 is 1.86 bits per heavy atom. The summed E-state index contributed by atoms with van der Waals surface area (Å²) in [5.41, 5.74) is 4.23. The second kappa shape index (κ2) is 7.72. The molecule has 0 radical (unpaired) electrons. The molecule has 1 amide bonds. The van der Waals surface area contributed by atoms with Crippen molar-refractivity contribution in [1.29, 1.82) is 0 Å². The van der Waals surface area contributed by atoms with Gasteiger partial charge in [0.2, 0.25) is 5.91 Å². The average Bonchev–Trinajstić information content (AvgIpc) is 3.50. The molecule has 1 N–H and O–H groups in total. The van der Waals surface area contributed by atoms with Crippen molar-refractivity contribution >= 4 is 28.2 Å². The summed E-state index contributed by atoms with van der Waals surface area (Å²) in [5.74, 6) is 2.39. The van der Waals surface area contributed by atoms with Crippen molar-refractivity contribution in [2.45, 2.75) is 19.4 Å². The van der Waals surface area contributed by atoms with E-state index in [0.29, 0.717) is 5.82 Å². The molecule has 7 heteroatoms. The first-order chi connectivity index (χ1) is 14.2. The van der Waals surface area contributed by atoms with E-state index in [1.54, 1.807) is 0 Å². The number of benzene rings is 1. The van der Waals surface area contributed by atoms with Gasteiger partial charge in [0.1, 0.15) is 5.65 Å². The summed E-state index contributed by atoms with van der Waals surface area (Å²) in [4.78, 5) is 19.0. The molecule has 0 spiro atoms. The maximum Gasteiger partial charge on any atom is 0.228 e. The number of imidazole rings is 1. The number of fused-ring (bicyclic) bond motifs is 1. The number of carbonyl (C=O) groups excluding carboxylic acids is 1. The Morgan fingerprint density at radius 3 is 2.59 bits per heavy atom. The van der Waals surface area contributed by atoms with Crippen LogP contribution in [0.25, 0.3) is 16.9 Å². The highest BCUT2D eigenvalue weighted by Gasteiger charge is 2.30. The summed E-state index contributed by atoms with van der Waals surface area (Å²) in [6, 6.07) is 14.6. The van der Waals surface area contributed by atoms with E-state index >= 15 is 0 Å². The number of pyridine rings is 1. The zero-order chi connectivity index (χ0) is 19.8. The maximum atomic E-state index is 12.0. The van der Waals surface area contributed by atoms with Crippen LogP contribution in [0, 0.1) is 5.92 Å². The van der Waals surface area contributed by atoms with Gasteiger partial charge < -0.3 is 5.32 Å². The molecular weight excluding hydrogens is 384 g/mol. The van der Waals surface area contributed by atoms with Gasteiger partial charge in [-0.3, -0.25) is 18.3 Å². The van der Waals surface area contributed by atoms with Crippen LogP contribution >= 0.6 is 0 Å². The van der Waals surface area contributed by atoms with Gasteiger partial charge in [-0.1, -0.05) is 30.3 Å². The summed E-state index contributed by atoms with van der Waals surface area (Å²) in [6.07, 6.45) is 3.85. The summed E-state index contributed by atoms with van der Waals surface area (Å²) in [7, 11) is -0.639. The standard InChI is InChI=1S/C22H24N4O2S/c27-22(18-8-9-18)24-20-15-26-19(2-1-3-21(26)23-20)17-6-4-16(5-7-17)14-25-10-12-29(28)13-11-25/h1-7,15,18H,8-14H2,(H,24,27). The van der Waals surface area contributed by atoms with E-state index in [1.807, 2.05) is 22.7 Å². The van der Waals surface area contributed by atoms with E-state index in [1.165, 1.54) is 5.56 Å². The molecule has 1 saturated carbocycles. The lowest BCUT2D eigenvalue weighted by molar-refractivity contribution is -0.117. The van der Waals surface area contributed by atoms with Crippen molar-refractivity contribution in [2.24, 2.45) is 5.92 Å². The fourth-order valence-corrected chi connectivity index (χ4v) is 4.88. The first-order valence-electron chi connectivity index (χ1n) is 10.1. The van der Waals surface area contributed by atoms with Gasteiger partial charge in [-0.15, -0.1) is 0 Å². The van der Waals surface area contributed by atoms with E-state index in [4.69, 9.17) is 0 Å². The predicted octanol–water partition coefficient (Wildman–Crippen LogP) is 2.91. The maximum absolute atomic E-state index is 12.0. The molecule has 2 aliphatic rings. The van der Waals surface area contributed by atoms with Gasteiger partial charge in [-0.05, 0) is 36.1 Å². The highest BCUT2D eigenvalue weighted by molar-refractivity contribution is 7.85. The van der Waals surface area contributed by atoms with Crippen LogP contribution in [0.15, 0.2) is 48.7 Å². The van der Waals surface area contributed by atoms with Crippen molar-refractivity contribution < 1.29 is 9.00 Å². The molecule has 2 aromatic heterocycles. The lowest BCUT2D eigenvalue weighted by atomic mass is 10.1. The molecule has 2 fully saturated rings. The van der Waals surface area contributed by atoms with Crippen LogP contribution in [-0.2, 0) is 22.1 Å². The largest absolute Gasteiger partial charge is 0.309 e. The van der Waals surface area contributed by atoms with E-state index in [0.717, 1.165) is 60.9 Å². The topological polar surface area (TPSA) is 66.7 Å². The van der Waals surface area contributed by atoms with E-state index < -0.39 is 10.8 Å². The van der Waals surface area contributed by atoms with Crippen molar-refractivity contribution in [1.82, 2.24) is 14.3 Å². The first kappa shape index (κ1) is 18.5. The van der Waals surface area contributed by atoms with Crippen LogP contribution in [0.2, 0.25) is 0 Å². The molecular formula is C22H24N4O2S. The molecule has 1 aromatic carbocycles. The second-order valence-corrected chi connectivity index (χ2v) is 9.55. The normalized spacial score (nSPS) is 18.2. The Balaban J connectivity index is 1.35. The average molecular weight is 409 g/mol. The molecule has 29 heavy (non-hydrogen) atoms. The van der Waals surface area contributed by atoms with Gasteiger partial charge in [0.25, 0.3) is 0 Å². The number of nitrogens with zero attached hydrogens (tertiary/aromatic N) is 3. The van der Waals surface area contributed by atoms with Gasteiger partial charge >= 0.3 is 0 Å². The number of anilines is 1. The fourth-order valence-electron chi connectivity index (χ4n) is 3.75. The minimum Gasteiger partial charge on any atom is -0.309 e. The number of hydrogen-bond acceptors (Lipinski definition) is 4. The molecule has 1 saturated heterocycles. The lowest BCUT2D eigenvalue weighted by Crippen LogP contribution is -2.37. The SMILES string of the molecule is O=C(Nc1cn2c(-c3ccc(CN4CCS(=O)CC4)cc3)cccc2n1)C1CC1.